The Balaban J connectivity index is 1.53. The number of aromatic nitrogens is 1. The lowest BCUT2D eigenvalue weighted by Gasteiger charge is -2.41. The zero-order valence-corrected chi connectivity index (χ0v) is 15.4. The molecule has 1 aliphatic carbocycles. The third-order valence-electron chi connectivity index (χ3n) is 5.31. The van der Waals surface area contributed by atoms with Crippen molar-refractivity contribution in [3.63, 3.8) is 0 Å². The summed E-state index contributed by atoms with van der Waals surface area (Å²) in [5, 5.41) is 6.78. The molecule has 1 aromatic heterocycles. The molecule has 0 unspecified atom stereocenters. The van der Waals surface area contributed by atoms with E-state index >= 15 is 0 Å². The maximum Gasteiger partial charge on any atom is 0.226 e. The third-order valence-corrected chi connectivity index (χ3v) is 5.31. The fraction of sp³-hybridized carbons (Fsp3) is 0.500. The number of rotatable bonds is 6. The monoisotopic (exact) mass is 340 g/mol. The first-order valence-corrected chi connectivity index (χ1v) is 9.10. The Hall–Kier alpha value is -2.30. The summed E-state index contributed by atoms with van der Waals surface area (Å²) in [5.41, 5.74) is 3.55. The van der Waals surface area contributed by atoms with Crippen LogP contribution in [0.1, 0.15) is 43.9 Å². The van der Waals surface area contributed by atoms with E-state index < -0.39 is 0 Å². The minimum Gasteiger partial charge on any atom is -0.444 e. The molecule has 0 saturated heterocycles. The number of nitrogens with zero attached hydrogens (tertiary/aromatic N) is 2. The van der Waals surface area contributed by atoms with Gasteiger partial charge < -0.3 is 15.1 Å². The molecule has 5 heteroatoms. The van der Waals surface area contributed by atoms with Crippen molar-refractivity contribution in [1.29, 1.82) is 0 Å². The van der Waals surface area contributed by atoms with Crippen molar-refractivity contribution in [2.24, 2.45) is 10.4 Å². The van der Waals surface area contributed by atoms with Gasteiger partial charge in [0.1, 0.15) is 6.26 Å². The van der Waals surface area contributed by atoms with Crippen molar-refractivity contribution >= 4 is 5.96 Å². The van der Waals surface area contributed by atoms with Crippen LogP contribution in [-0.4, -0.2) is 24.5 Å². The number of nitrogens with one attached hydrogen (secondary N) is 2. The molecular formula is C20H28N4O. The largest absolute Gasteiger partial charge is 0.444 e. The molecule has 2 N–H and O–H groups in total. The van der Waals surface area contributed by atoms with Gasteiger partial charge in [0.2, 0.25) is 5.89 Å². The average Bonchev–Trinajstić information content (AvgIpc) is 3.06. The Kier molecular flexibility index (Phi) is 5.41. The predicted octanol–water partition coefficient (Wildman–Crippen LogP) is 3.90. The number of aryl methyl sites for hydroxylation is 1. The van der Waals surface area contributed by atoms with Gasteiger partial charge in [-0.1, -0.05) is 31.0 Å². The molecule has 1 aromatic carbocycles. The summed E-state index contributed by atoms with van der Waals surface area (Å²) in [5.74, 6) is 1.47. The van der Waals surface area contributed by atoms with Crippen LogP contribution in [0.3, 0.4) is 0 Å². The quantitative estimate of drug-likeness (QED) is 0.618. The number of hydrogen-bond acceptors (Lipinski definition) is 3. The van der Waals surface area contributed by atoms with E-state index in [0.29, 0.717) is 17.9 Å². The summed E-state index contributed by atoms with van der Waals surface area (Å²) >= 11 is 0. The number of benzene rings is 1. The zero-order valence-electron chi connectivity index (χ0n) is 15.4. The van der Waals surface area contributed by atoms with Gasteiger partial charge in [-0.15, -0.1) is 0 Å². The summed E-state index contributed by atoms with van der Waals surface area (Å²) in [6.07, 6.45) is 6.91. The molecule has 1 aliphatic rings. The maximum atomic E-state index is 5.60. The molecule has 25 heavy (non-hydrogen) atoms. The molecule has 0 amide bonds. The Morgan fingerprint density at radius 3 is 2.60 bits per heavy atom. The summed E-state index contributed by atoms with van der Waals surface area (Å²) in [6.45, 7) is 5.92. The molecule has 0 bridgehead atoms. The van der Waals surface area contributed by atoms with Crippen LogP contribution in [0.25, 0.3) is 11.5 Å². The van der Waals surface area contributed by atoms with E-state index in [1.54, 1.807) is 13.3 Å². The highest BCUT2D eigenvalue weighted by atomic mass is 16.3. The Morgan fingerprint density at radius 2 is 2.00 bits per heavy atom. The van der Waals surface area contributed by atoms with Crippen LogP contribution in [0.5, 0.6) is 0 Å². The second-order valence-electron chi connectivity index (χ2n) is 7.00. The van der Waals surface area contributed by atoms with Gasteiger partial charge in [0, 0.05) is 19.2 Å². The summed E-state index contributed by atoms with van der Waals surface area (Å²) in [7, 11) is 1.80. The number of oxazole rings is 1. The second kappa shape index (κ2) is 7.72. The van der Waals surface area contributed by atoms with Crippen molar-refractivity contribution in [1.82, 2.24) is 15.6 Å². The van der Waals surface area contributed by atoms with E-state index in [4.69, 9.17) is 4.42 Å². The fourth-order valence-electron chi connectivity index (χ4n) is 3.22. The highest BCUT2D eigenvalue weighted by Crippen LogP contribution is 2.42. The molecule has 3 rings (SSSR count). The average molecular weight is 340 g/mol. The highest BCUT2D eigenvalue weighted by Gasteiger charge is 2.34. The minimum absolute atomic E-state index is 0.462. The van der Waals surface area contributed by atoms with Crippen molar-refractivity contribution < 1.29 is 4.42 Å². The molecule has 0 spiro atoms. The third kappa shape index (κ3) is 4.21. The van der Waals surface area contributed by atoms with Gasteiger partial charge >= 0.3 is 0 Å². The van der Waals surface area contributed by atoms with Crippen molar-refractivity contribution in [2.75, 3.05) is 13.6 Å². The van der Waals surface area contributed by atoms with Crippen LogP contribution < -0.4 is 10.6 Å². The predicted molar refractivity (Wildman–Crippen MR) is 101 cm³/mol. The molecule has 0 atom stereocenters. The lowest BCUT2D eigenvalue weighted by Crippen LogP contribution is -2.46. The lowest BCUT2D eigenvalue weighted by atomic mass is 9.67. The van der Waals surface area contributed by atoms with Crippen molar-refractivity contribution in [3.8, 4) is 11.5 Å². The zero-order chi connectivity index (χ0) is 17.7. The van der Waals surface area contributed by atoms with Crippen LogP contribution in [0.2, 0.25) is 0 Å². The van der Waals surface area contributed by atoms with Crippen LogP contribution in [0.15, 0.2) is 39.9 Å². The molecule has 1 saturated carbocycles. The second-order valence-corrected chi connectivity index (χ2v) is 7.00. The van der Waals surface area contributed by atoms with E-state index in [2.05, 4.69) is 46.6 Å². The minimum atomic E-state index is 0.462. The topological polar surface area (TPSA) is 62.5 Å². The van der Waals surface area contributed by atoms with E-state index in [0.717, 1.165) is 23.8 Å². The van der Waals surface area contributed by atoms with Crippen molar-refractivity contribution in [3.05, 3.63) is 41.8 Å². The van der Waals surface area contributed by atoms with E-state index in [-0.39, 0.29) is 0 Å². The van der Waals surface area contributed by atoms with E-state index in [1.807, 2.05) is 12.1 Å². The first kappa shape index (κ1) is 17.5. The number of aliphatic imine (C=N–C) groups is 1. The van der Waals surface area contributed by atoms with Gasteiger partial charge in [-0.2, -0.15) is 0 Å². The summed E-state index contributed by atoms with van der Waals surface area (Å²) < 4.78 is 5.60. The normalized spacial score (nSPS) is 16.4. The molecule has 0 aliphatic heterocycles. The fourth-order valence-corrected chi connectivity index (χ4v) is 3.22. The Labute approximate surface area is 150 Å². The van der Waals surface area contributed by atoms with Gasteiger partial charge in [0.05, 0.1) is 12.2 Å². The first-order chi connectivity index (χ1) is 12.1. The maximum absolute atomic E-state index is 5.60. The number of hydrogen-bond donors (Lipinski definition) is 2. The van der Waals surface area contributed by atoms with E-state index in [1.165, 1.54) is 31.2 Å². The van der Waals surface area contributed by atoms with Gasteiger partial charge in [0.25, 0.3) is 0 Å². The van der Waals surface area contributed by atoms with Gasteiger partial charge in [-0.25, -0.2) is 4.98 Å². The molecule has 1 fully saturated rings. The molecule has 5 nitrogen and oxygen atoms in total. The summed E-state index contributed by atoms with van der Waals surface area (Å²) in [6, 6.07) is 8.18. The Morgan fingerprint density at radius 1 is 1.24 bits per heavy atom. The SMILES string of the molecule is CCC1(CNC(=NC)NCc2coc(-c3ccc(C)cc3)n2)CCC1. The number of guanidine groups is 1. The molecule has 1 heterocycles. The van der Waals surface area contributed by atoms with Gasteiger partial charge in [0.15, 0.2) is 5.96 Å². The van der Waals surface area contributed by atoms with Crippen LogP contribution in [-0.2, 0) is 6.54 Å². The van der Waals surface area contributed by atoms with Crippen LogP contribution in [0, 0.1) is 12.3 Å². The first-order valence-electron chi connectivity index (χ1n) is 9.10. The molecule has 134 valence electrons. The highest BCUT2D eigenvalue weighted by molar-refractivity contribution is 5.79. The van der Waals surface area contributed by atoms with Gasteiger partial charge in [-0.05, 0) is 43.7 Å². The van der Waals surface area contributed by atoms with Gasteiger partial charge in [-0.3, -0.25) is 4.99 Å². The molecule has 0 radical (unpaired) electrons. The van der Waals surface area contributed by atoms with Crippen molar-refractivity contribution in [2.45, 2.75) is 46.1 Å². The smallest absolute Gasteiger partial charge is 0.226 e. The standard InChI is InChI=1S/C20H28N4O/c1-4-20(10-5-11-20)14-23-19(21-3)22-12-17-13-25-18(24-17)16-8-6-15(2)7-9-16/h6-9,13H,4-5,10-12,14H2,1-3H3,(H2,21,22,23). The lowest BCUT2D eigenvalue weighted by molar-refractivity contribution is 0.131. The van der Waals surface area contributed by atoms with E-state index in [9.17, 15) is 0 Å². The molecular weight excluding hydrogens is 312 g/mol. The summed E-state index contributed by atoms with van der Waals surface area (Å²) in [4.78, 5) is 8.87. The Bertz CT molecular complexity index is 708. The van der Waals surface area contributed by atoms with Crippen LogP contribution in [0.4, 0.5) is 0 Å². The van der Waals surface area contributed by atoms with Crippen LogP contribution >= 0.6 is 0 Å². The molecule has 2 aromatic rings.